The van der Waals surface area contributed by atoms with E-state index in [2.05, 4.69) is 20.4 Å². The molecule has 1 aliphatic rings. The van der Waals surface area contributed by atoms with Crippen molar-refractivity contribution < 1.29 is 9.53 Å². The summed E-state index contributed by atoms with van der Waals surface area (Å²) in [5.41, 5.74) is 0.493. The van der Waals surface area contributed by atoms with E-state index in [1.165, 1.54) is 11.8 Å². The van der Waals surface area contributed by atoms with Crippen molar-refractivity contribution in [3.8, 4) is 0 Å². The predicted octanol–water partition coefficient (Wildman–Crippen LogP) is 3.56. The fourth-order valence-electron chi connectivity index (χ4n) is 2.68. The van der Waals surface area contributed by atoms with Crippen molar-refractivity contribution in [3.63, 3.8) is 0 Å². The Morgan fingerprint density at radius 3 is 2.78 bits per heavy atom. The molecule has 0 bridgehead atoms. The van der Waals surface area contributed by atoms with Gasteiger partial charge in [0, 0.05) is 24.7 Å². The van der Waals surface area contributed by atoms with E-state index in [4.69, 9.17) is 27.9 Å². The van der Waals surface area contributed by atoms with Crippen LogP contribution >= 0.6 is 35.0 Å². The number of morpholine rings is 1. The van der Waals surface area contributed by atoms with Crippen LogP contribution in [0.25, 0.3) is 0 Å². The molecule has 1 aromatic carbocycles. The molecule has 0 spiro atoms. The van der Waals surface area contributed by atoms with E-state index in [0.717, 1.165) is 25.6 Å². The molecule has 1 saturated heterocycles. The van der Waals surface area contributed by atoms with Crippen molar-refractivity contribution in [2.24, 2.45) is 0 Å². The first kappa shape index (κ1) is 20.3. The molecule has 2 heterocycles. The second kappa shape index (κ2) is 9.14. The highest BCUT2D eigenvalue weighted by Crippen LogP contribution is 2.29. The maximum atomic E-state index is 12.6. The maximum absolute atomic E-state index is 12.6. The molecule has 0 saturated carbocycles. The molecule has 10 heteroatoms. The zero-order valence-electron chi connectivity index (χ0n) is 15.1. The van der Waals surface area contributed by atoms with Crippen LogP contribution in [0.15, 0.2) is 23.4 Å². The van der Waals surface area contributed by atoms with Crippen LogP contribution in [0.3, 0.4) is 0 Å². The van der Waals surface area contributed by atoms with E-state index in [1.807, 2.05) is 18.4 Å². The summed E-state index contributed by atoms with van der Waals surface area (Å²) in [6, 6.07) is 4.96. The number of hydrogen-bond acceptors (Lipinski definition) is 6. The van der Waals surface area contributed by atoms with E-state index < -0.39 is 0 Å². The van der Waals surface area contributed by atoms with Crippen molar-refractivity contribution in [1.29, 1.82) is 0 Å². The van der Waals surface area contributed by atoms with Gasteiger partial charge in [-0.3, -0.25) is 9.36 Å². The highest BCUT2D eigenvalue weighted by Gasteiger charge is 2.23. The maximum Gasteiger partial charge on any atom is 0.237 e. The Labute approximate surface area is 172 Å². The van der Waals surface area contributed by atoms with Crippen molar-refractivity contribution >= 4 is 52.5 Å². The van der Waals surface area contributed by atoms with Crippen LogP contribution in [0.2, 0.25) is 10.0 Å². The fourth-order valence-corrected chi connectivity index (χ4v) is 3.93. The molecule has 27 heavy (non-hydrogen) atoms. The average Bonchev–Trinajstić information content (AvgIpc) is 3.07. The SMILES string of the molecule is CCn1c(SC(C)C(=O)Nc2cc(Cl)ccc2Cl)nnc1N1CCOCC1. The highest BCUT2D eigenvalue weighted by atomic mass is 35.5. The minimum absolute atomic E-state index is 0.178. The number of rotatable bonds is 6. The summed E-state index contributed by atoms with van der Waals surface area (Å²) in [5, 5.41) is 12.7. The largest absolute Gasteiger partial charge is 0.378 e. The lowest BCUT2D eigenvalue weighted by Crippen LogP contribution is -2.38. The van der Waals surface area contributed by atoms with Crippen LogP contribution in [-0.4, -0.2) is 52.2 Å². The van der Waals surface area contributed by atoms with Gasteiger partial charge < -0.3 is 15.0 Å². The van der Waals surface area contributed by atoms with Gasteiger partial charge in [-0.15, -0.1) is 10.2 Å². The number of benzene rings is 1. The standard InChI is InChI=1S/C17H21Cl2N5O2S/c1-3-24-16(23-6-8-26-9-7-23)21-22-17(24)27-11(2)15(25)20-14-10-12(18)4-5-13(14)19/h4-5,10-11H,3,6-9H2,1-2H3,(H,20,25). The van der Waals surface area contributed by atoms with Crippen LogP contribution in [0.5, 0.6) is 0 Å². The number of nitrogens with one attached hydrogen (secondary N) is 1. The van der Waals surface area contributed by atoms with Crippen LogP contribution in [0.4, 0.5) is 11.6 Å². The van der Waals surface area contributed by atoms with Gasteiger partial charge in [-0.2, -0.15) is 0 Å². The Hall–Kier alpha value is -1.48. The smallest absolute Gasteiger partial charge is 0.237 e. The number of aromatic nitrogens is 3. The molecule has 1 unspecified atom stereocenters. The normalized spacial score (nSPS) is 15.6. The minimum atomic E-state index is -0.382. The average molecular weight is 430 g/mol. The van der Waals surface area contributed by atoms with Gasteiger partial charge in [0.25, 0.3) is 0 Å². The van der Waals surface area contributed by atoms with Crippen LogP contribution < -0.4 is 10.2 Å². The van der Waals surface area contributed by atoms with E-state index >= 15 is 0 Å². The lowest BCUT2D eigenvalue weighted by Gasteiger charge is -2.27. The first-order valence-corrected chi connectivity index (χ1v) is 10.3. The number of carbonyl (C=O) groups excluding carboxylic acids is 1. The second-order valence-electron chi connectivity index (χ2n) is 6.00. The Kier molecular flexibility index (Phi) is 6.86. The molecule has 2 aromatic rings. The van der Waals surface area contributed by atoms with Crippen molar-refractivity contribution in [3.05, 3.63) is 28.2 Å². The Balaban J connectivity index is 1.69. The quantitative estimate of drug-likeness (QED) is 0.707. The van der Waals surface area contributed by atoms with Crippen LogP contribution in [-0.2, 0) is 16.1 Å². The monoisotopic (exact) mass is 429 g/mol. The number of halogens is 2. The van der Waals surface area contributed by atoms with E-state index in [9.17, 15) is 4.79 Å². The molecule has 146 valence electrons. The van der Waals surface area contributed by atoms with Crippen LogP contribution in [0.1, 0.15) is 13.8 Å². The van der Waals surface area contributed by atoms with Gasteiger partial charge in [0.05, 0.1) is 29.2 Å². The van der Waals surface area contributed by atoms with Gasteiger partial charge in [-0.25, -0.2) is 0 Å². The molecular weight excluding hydrogens is 409 g/mol. The Morgan fingerprint density at radius 1 is 1.33 bits per heavy atom. The molecule has 1 N–H and O–H groups in total. The number of amides is 1. The number of thioether (sulfide) groups is 1. The summed E-state index contributed by atoms with van der Waals surface area (Å²) in [6.07, 6.45) is 0. The van der Waals surface area contributed by atoms with E-state index in [0.29, 0.717) is 34.1 Å². The van der Waals surface area contributed by atoms with Crippen molar-refractivity contribution in [2.75, 3.05) is 36.5 Å². The summed E-state index contributed by atoms with van der Waals surface area (Å²) in [5.74, 6) is 0.636. The topological polar surface area (TPSA) is 72.3 Å². The van der Waals surface area contributed by atoms with Crippen molar-refractivity contribution in [1.82, 2.24) is 14.8 Å². The summed E-state index contributed by atoms with van der Waals surface area (Å²) >= 11 is 13.5. The molecule has 1 fully saturated rings. The number of nitrogens with zero attached hydrogens (tertiary/aromatic N) is 4. The van der Waals surface area contributed by atoms with Crippen LogP contribution in [0, 0.1) is 0 Å². The summed E-state index contributed by atoms with van der Waals surface area (Å²) < 4.78 is 7.41. The number of anilines is 2. The Bertz CT molecular complexity index is 811. The van der Waals surface area contributed by atoms with Gasteiger partial charge in [-0.1, -0.05) is 35.0 Å². The van der Waals surface area contributed by atoms with Gasteiger partial charge >= 0.3 is 0 Å². The number of ether oxygens (including phenoxy) is 1. The molecule has 7 nitrogen and oxygen atoms in total. The first-order chi connectivity index (χ1) is 13.0. The van der Waals surface area contributed by atoms with Gasteiger partial charge in [-0.05, 0) is 32.0 Å². The Morgan fingerprint density at radius 2 is 2.07 bits per heavy atom. The lowest BCUT2D eigenvalue weighted by molar-refractivity contribution is -0.115. The molecule has 0 aliphatic carbocycles. The lowest BCUT2D eigenvalue weighted by atomic mass is 10.3. The number of hydrogen-bond donors (Lipinski definition) is 1. The molecule has 1 amide bonds. The van der Waals surface area contributed by atoms with Gasteiger partial charge in [0.15, 0.2) is 5.16 Å². The van der Waals surface area contributed by atoms with Gasteiger partial charge in [0.1, 0.15) is 0 Å². The summed E-state index contributed by atoms with van der Waals surface area (Å²) in [6.45, 7) is 7.50. The molecule has 0 radical (unpaired) electrons. The fraction of sp³-hybridized carbons (Fsp3) is 0.471. The molecule has 3 rings (SSSR count). The molecule has 1 atom stereocenters. The van der Waals surface area contributed by atoms with Gasteiger partial charge in [0.2, 0.25) is 11.9 Å². The van der Waals surface area contributed by atoms with E-state index in [-0.39, 0.29) is 11.2 Å². The first-order valence-electron chi connectivity index (χ1n) is 8.68. The van der Waals surface area contributed by atoms with E-state index in [1.54, 1.807) is 18.2 Å². The number of carbonyl (C=O) groups is 1. The molecule has 1 aliphatic heterocycles. The summed E-state index contributed by atoms with van der Waals surface area (Å²) in [7, 11) is 0. The second-order valence-corrected chi connectivity index (χ2v) is 8.15. The third-order valence-electron chi connectivity index (χ3n) is 4.15. The predicted molar refractivity (Wildman–Crippen MR) is 109 cm³/mol. The third-order valence-corrected chi connectivity index (χ3v) is 5.79. The third kappa shape index (κ3) is 4.87. The zero-order valence-corrected chi connectivity index (χ0v) is 17.4. The minimum Gasteiger partial charge on any atom is -0.378 e. The van der Waals surface area contributed by atoms with Crippen molar-refractivity contribution in [2.45, 2.75) is 30.8 Å². The zero-order chi connectivity index (χ0) is 19.4. The highest BCUT2D eigenvalue weighted by molar-refractivity contribution is 8.00. The summed E-state index contributed by atoms with van der Waals surface area (Å²) in [4.78, 5) is 14.7. The molecular formula is C17H21Cl2N5O2S. The molecule has 1 aromatic heterocycles.